The summed E-state index contributed by atoms with van der Waals surface area (Å²) in [6.45, 7) is 0.372. The highest BCUT2D eigenvalue weighted by molar-refractivity contribution is 7.89. The molecule has 1 aromatic heterocycles. The van der Waals surface area contributed by atoms with Crippen LogP contribution in [0.4, 0.5) is 5.69 Å². The monoisotopic (exact) mass is 453 g/mol. The fourth-order valence-electron chi connectivity index (χ4n) is 3.25. The maximum atomic E-state index is 13.3. The van der Waals surface area contributed by atoms with Crippen molar-refractivity contribution in [1.29, 1.82) is 0 Å². The molecule has 1 amide bonds. The Labute approximate surface area is 188 Å². The molecule has 4 N–H and O–H groups in total. The number of nitrogens with two attached hydrogens (primary N) is 2. The van der Waals surface area contributed by atoms with Crippen LogP contribution < -0.4 is 11.6 Å². The van der Waals surface area contributed by atoms with Crippen LogP contribution in [0.1, 0.15) is 11.3 Å². The number of aromatic nitrogens is 1. The number of hydrazine groups is 1. The number of sulfonamides is 1. The van der Waals surface area contributed by atoms with Gasteiger partial charge in [-0.05, 0) is 48.4 Å². The lowest BCUT2D eigenvalue weighted by Crippen LogP contribution is -2.54. The van der Waals surface area contributed by atoms with Crippen LogP contribution in [0.15, 0.2) is 83.9 Å². The van der Waals surface area contributed by atoms with Crippen LogP contribution in [0.5, 0.6) is 0 Å². The van der Waals surface area contributed by atoms with Gasteiger partial charge in [0.05, 0.1) is 4.90 Å². The first-order valence-corrected chi connectivity index (χ1v) is 11.6. The van der Waals surface area contributed by atoms with Crippen molar-refractivity contribution in [3.8, 4) is 0 Å². The molecule has 1 atom stereocenters. The van der Waals surface area contributed by atoms with Crippen LogP contribution >= 0.6 is 0 Å². The zero-order valence-electron chi connectivity index (χ0n) is 17.8. The van der Waals surface area contributed by atoms with E-state index in [1.807, 2.05) is 48.5 Å². The van der Waals surface area contributed by atoms with Crippen molar-refractivity contribution in [3.63, 3.8) is 0 Å². The second-order valence-corrected chi connectivity index (χ2v) is 9.28. The van der Waals surface area contributed by atoms with Gasteiger partial charge in [-0.1, -0.05) is 36.4 Å². The van der Waals surface area contributed by atoms with E-state index in [1.165, 1.54) is 29.2 Å². The van der Waals surface area contributed by atoms with Crippen molar-refractivity contribution in [2.75, 3.05) is 19.3 Å². The highest BCUT2D eigenvalue weighted by atomic mass is 32.2. The molecule has 1 unspecified atom stereocenters. The van der Waals surface area contributed by atoms with E-state index in [0.29, 0.717) is 23.1 Å². The molecule has 0 bridgehead atoms. The van der Waals surface area contributed by atoms with Gasteiger partial charge in [0.25, 0.3) is 10.0 Å². The Hall–Kier alpha value is -3.27. The Bertz CT molecular complexity index is 1120. The van der Waals surface area contributed by atoms with E-state index in [0.717, 1.165) is 11.3 Å². The Kier molecular flexibility index (Phi) is 7.57. The Morgan fingerprint density at radius 3 is 2.28 bits per heavy atom. The first kappa shape index (κ1) is 23.4. The van der Waals surface area contributed by atoms with Crippen molar-refractivity contribution in [2.24, 2.45) is 5.84 Å². The number of carbonyl (C=O) groups is 1. The molecule has 9 heteroatoms. The fraction of sp³-hybridized carbons (Fsp3) is 0.217. The first-order valence-electron chi connectivity index (χ1n) is 10.1. The number of likely N-dealkylation sites (N-methyl/N-ethyl adjacent to an activating group) is 1. The lowest BCUT2D eigenvalue weighted by Gasteiger charge is -2.30. The summed E-state index contributed by atoms with van der Waals surface area (Å²) in [4.78, 5) is 19.1. The van der Waals surface area contributed by atoms with E-state index in [1.54, 1.807) is 13.2 Å². The van der Waals surface area contributed by atoms with E-state index in [-0.39, 0.29) is 11.3 Å². The Morgan fingerprint density at radius 1 is 1.00 bits per heavy atom. The standard InChI is InChI=1S/C23H27N5O3S/c1-27(16-14-20-9-5-6-15-26-20)23(29)22(17-18-7-3-2-4-8-18)28(25)32(30,31)21-12-10-19(24)11-13-21/h2-13,15,22H,14,16-17,24-25H2,1H3. The molecule has 0 radical (unpaired) electrons. The molecule has 0 saturated carbocycles. The molecule has 0 aliphatic carbocycles. The topological polar surface area (TPSA) is 123 Å². The molecule has 3 rings (SSSR count). The molecule has 32 heavy (non-hydrogen) atoms. The summed E-state index contributed by atoms with van der Waals surface area (Å²) in [5.41, 5.74) is 7.74. The predicted octanol–water partition coefficient (Wildman–Crippen LogP) is 1.84. The van der Waals surface area contributed by atoms with Crippen molar-refractivity contribution >= 4 is 21.6 Å². The number of carbonyl (C=O) groups excluding carboxylic acids is 1. The second-order valence-electron chi connectivity index (χ2n) is 7.44. The molecule has 0 fully saturated rings. The summed E-state index contributed by atoms with van der Waals surface area (Å²) in [7, 11) is -2.49. The van der Waals surface area contributed by atoms with Crippen molar-refractivity contribution in [3.05, 3.63) is 90.3 Å². The lowest BCUT2D eigenvalue weighted by molar-refractivity contribution is -0.134. The molecule has 2 aromatic carbocycles. The van der Waals surface area contributed by atoms with Crippen molar-refractivity contribution in [2.45, 2.75) is 23.8 Å². The highest BCUT2D eigenvalue weighted by Crippen LogP contribution is 2.20. The van der Waals surface area contributed by atoms with Gasteiger partial charge in [-0.2, -0.15) is 0 Å². The molecule has 0 spiro atoms. The van der Waals surface area contributed by atoms with E-state index in [4.69, 9.17) is 11.6 Å². The quantitative estimate of drug-likeness (QED) is 0.290. The van der Waals surface area contributed by atoms with Crippen LogP contribution in [0.25, 0.3) is 0 Å². The van der Waals surface area contributed by atoms with Crippen LogP contribution in [0.2, 0.25) is 0 Å². The van der Waals surface area contributed by atoms with Gasteiger partial charge in [-0.3, -0.25) is 15.6 Å². The SMILES string of the molecule is CN(CCc1ccccn1)C(=O)C(Cc1ccccc1)N(N)S(=O)(=O)c1ccc(N)cc1. The zero-order valence-corrected chi connectivity index (χ0v) is 18.7. The molecule has 0 aliphatic heterocycles. The molecular formula is C23H27N5O3S. The number of rotatable bonds is 9. The minimum atomic E-state index is -4.12. The Balaban J connectivity index is 1.85. The highest BCUT2D eigenvalue weighted by Gasteiger charge is 2.35. The van der Waals surface area contributed by atoms with Crippen LogP contribution in [-0.4, -0.2) is 48.3 Å². The number of benzene rings is 2. The summed E-state index contributed by atoms with van der Waals surface area (Å²) >= 11 is 0. The lowest BCUT2D eigenvalue weighted by atomic mass is 10.1. The molecule has 168 valence electrons. The normalized spacial score (nSPS) is 12.5. The van der Waals surface area contributed by atoms with Crippen molar-refractivity contribution in [1.82, 2.24) is 14.3 Å². The first-order chi connectivity index (χ1) is 15.3. The average molecular weight is 454 g/mol. The van der Waals surface area contributed by atoms with Gasteiger partial charge in [0.15, 0.2) is 0 Å². The molecule has 0 saturated heterocycles. The number of anilines is 1. The van der Waals surface area contributed by atoms with E-state index in [9.17, 15) is 13.2 Å². The number of hydrogen-bond acceptors (Lipinski definition) is 6. The number of hydrogen-bond donors (Lipinski definition) is 2. The van der Waals surface area contributed by atoms with E-state index in [2.05, 4.69) is 4.98 Å². The summed E-state index contributed by atoms with van der Waals surface area (Å²) in [5.74, 6) is 5.72. The van der Waals surface area contributed by atoms with Gasteiger partial charge in [0, 0.05) is 37.6 Å². The molecule has 8 nitrogen and oxygen atoms in total. The van der Waals surface area contributed by atoms with Gasteiger partial charge in [-0.25, -0.2) is 8.42 Å². The Morgan fingerprint density at radius 2 is 1.66 bits per heavy atom. The summed E-state index contributed by atoms with van der Waals surface area (Å²) < 4.78 is 27.0. The van der Waals surface area contributed by atoms with Crippen molar-refractivity contribution < 1.29 is 13.2 Å². The maximum absolute atomic E-state index is 13.3. The smallest absolute Gasteiger partial charge is 0.256 e. The number of amides is 1. The molecule has 3 aromatic rings. The number of pyridine rings is 1. The van der Waals surface area contributed by atoms with Crippen LogP contribution in [0.3, 0.4) is 0 Å². The van der Waals surface area contributed by atoms with Gasteiger partial charge in [-0.15, -0.1) is 4.41 Å². The average Bonchev–Trinajstić information content (AvgIpc) is 2.81. The maximum Gasteiger partial charge on any atom is 0.256 e. The van der Waals surface area contributed by atoms with Crippen LogP contribution in [0, 0.1) is 0 Å². The minimum absolute atomic E-state index is 0.0313. The second kappa shape index (κ2) is 10.4. The minimum Gasteiger partial charge on any atom is -0.399 e. The zero-order chi connectivity index (χ0) is 23.1. The summed E-state index contributed by atoms with van der Waals surface area (Å²) in [6.07, 6.45) is 2.37. The van der Waals surface area contributed by atoms with Gasteiger partial charge in [0.1, 0.15) is 6.04 Å². The van der Waals surface area contributed by atoms with Gasteiger partial charge < -0.3 is 10.6 Å². The van der Waals surface area contributed by atoms with E-state index >= 15 is 0 Å². The summed E-state index contributed by atoms with van der Waals surface area (Å²) in [5, 5.41) is 0. The molecular weight excluding hydrogens is 426 g/mol. The molecule has 1 heterocycles. The number of nitrogen functional groups attached to an aromatic ring is 1. The van der Waals surface area contributed by atoms with Crippen LogP contribution in [-0.2, 0) is 27.7 Å². The third-order valence-electron chi connectivity index (χ3n) is 5.13. The largest absolute Gasteiger partial charge is 0.399 e. The third kappa shape index (κ3) is 5.70. The molecule has 0 aliphatic rings. The third-order valence-corrected chi connectivity index (χ3v) is 6.80. The van der Waals surface area contributed by atoms with Gasteiger partial charge in [0.2, 0.25) is 5.91 Å². The predicted molar refractivity (Wildman–Crippen MR) is 124 cm³/mol. The summed E-state index contributed by atoms with van der Waals surface area (Å²) in [6, 6.07) is 19.3. The fourth-order valence-corrected chi connectivity index (χ4v) is 4.47. The van der Waals surface area contributed by atoms with E-state index < -0.39 is 22.0 Å². The van der Waals surface area contributed by atoms with Gasteiger partial charge >= 0.3 is 0 Å². The number of nitrogens with zero attached hydrogens (tertiary/aromatic N) is 3.